The van der Waals surface area contributed by atoms with Gasteiger partial charge in [0.1, 0.15) is 0 Å². The van der Waals surface area contributed by atoms with Gasteiger partial charge in [0.25, 0.3) is 0 Å². The van der Waals surface area contributed by atoms with Crippen molar-refractivity contribution in [3.8, 4) is 0 Å². The molecule has 3 rings (SSSR count). The number of sulfone groups is 1. The number of rotatable bonds is 7. The van der Waals surface area contributed by atoms with Crippen molar-refractivity contribution in [3.05, 3.63) is 28.0 Å². The van der Waals surface area contributed by atoms with E-state index in [0.717, 1.165) is 11.3 Å². The standard InChI is InChI=1S/C18H24N4O5S2/c1-4-27-17(24)7-13-9-28-18(19-13)20-16(23)8-15-11(2)21-22(12(15)3)14-5-6-29(25,26)10-14/h9,14H,4-8,10H2,1-3H3,(H,19,20,23)/t14-/m1/s1. The third-order valence-corrected chi connectivity index (χ3v) is 7.35. The van der Waals surface area contributed by atoms with Gasteiger partial charge in [-0.15, -0.1) is 11.3 Å². The van der Waals surface area contributed by atoms with Gasteiger partial charge >= 0.3 is 5.97 Å². The van der Waals surface area contributed by atoms with Crippen molar-refractivity contribution >= 4 is 38.2 Å². The van der Waals surface area contributed by atoms with Gasteiger partial charge in [-0.25, -0.2) is 13.4 Å². The Hall–Kier alpha value is -2.27. The summed E-state index contributed by atoms with van der Waals surface area (Å²) in [4.78, 5) is 28.2. The maximum absolute atomic E-state index is 12.5. The molecule has 11 heteroatoms. The second kappa shape index (κ2) is 8.62. The molecule has 0 aliphatic carbocycles. The van der Waals surface area contributed by atoms with E-state index < -0.39 is 9.84 Å². The molecule has 0 radical (unpaired) electrons. The van der Waals surface area contributed by atoms with Crippen LogP contribution in [0, 0.1) is 13.8 Å². The Kier molecular flexibility index (Phi) is 6.37. The molecule has 1 aliphatic rings. The van der Waals surface area contributed by atoms with Crippen LogP contribution in [0.15, 0.2) is 5.38 Å². The zero-order valence-corrected chi connectivity index (χ0v) is 18.2. The maximum atomic E-state index is 12.5. The highest BCUT2D eigenvalue weighted by molar-refractivity contribution is 7.91. The number of thiazole rings is 1. The van der Waals surface area contributed by atoms with Crippen LogP contribution in [0.5, 0.6) is 0 Å². The van der Waals surface area contributed by atoms with Crippen LogP contribution in [-0.2, 0) is 37.0 Å². The van der Waals surface area contributed by atoms with Gasteiger partial charge < -0.3 is 10.1 Å². The number of esters is 1. The smallest absolute Gasteiger partial charge is 0.311 e. The molecule has 0 aromatic carbocycles. The van der Waals surface area contributed by atoms with Crippen LogP contribution in [-0.4, -0.2) is 53.2 Å². The molecule has 29 heavy (non-hydrogen) atoms. The number of hydrogen-bond donors (Lipinski definition) is 1. The van der Waals surface area contributed by atoms with Gasteiger partial charge in [0, 0.05) is 16.6 Å². The molecule has 9 nitrogen and oxygen atoms in total. The molecule has 1 N–H and O–H groups in total. The van der Waals surface area contributed by atoms with E-state index in [-0.39, 0.29) is 42.3 Å². The Morgan fingerprint density at radius 1 is 1.34 bits per heavy atom. The molecule has 1 amide bonds. The minimum Gasteiger partial charge on any atom is -0.466 e. The van der Waals surface area contributed by atoms with E-state index in [2.05, 4.69) is 15.4 Å². The van der Waals surface area contributed by atoms with E-state index in [9.17, 15) is 18.0 Å². The molecule has 2 aromatic rings. The van der Waals surface area contributed by atoms with Crippen molar-refractivity contribution in [1.82, 2.24) is 14.8 Å². The molecule has 0 saturated carbocycles. The third-order valence-electron chi connectivity index (χ3n) is 4.80. The summed E-state index contributed by atoms with van der Waals surface area (Å²) in [6, 6.07) is -0.181. The first-order valence-electron chi connectivity index (χ1n) is 9.33. The Morgan fingerprint density at radius 3 is 2.76 bits per heavy atom. The lowest BCUT2D eigenvalue weighted by Crippen LogP contribution is -2.16. The Morgan fingerprint density at radius 2 is 2.10 bits per heavy atom. The minimum atomic E-state index is -3.02. The SMILES string of the molecule is CCOC(=O)Cc1csc(NC(=O)Cc2c(C)nn([C@@H]3CCS(=O)(=O)C3)c2C)n1. The highest BCUT2D eigenvalue weighted by Crippen LogP contribution is 2.27. The summed E-state index contributed by atoms with van der Waals surface area (Å²) in [7, 11) is -3.02. The van der Waals surface area contributed by atoms with Gasteiger partial charge in [0.15, 0.2) is 15.0 Å². The zero-order chi connectivity index (χ0) is 21.2. The number of carbonyl (C=O) groups is 2. The Bertz CT molecular complexity index is 1030. The van der Waals surface area contributed by atoms with Crippen molar-refractivity contribution in [1.29, 1.82) is 0 Å². The fourth-order valence-electron chi connectivity index (χ4n) is 3.41. The van der Waals surface area contributed by atoms with E-state index in [1.54, 1.807) is 17.0 Å². The summed E-state index contributed by atoms with van der Waals surface area (Å²) in [5.74, 6) is -0.345. The molecule has 1 saturated heterocycles. The molecule has 1 fully saturated rings. The van der Waals surface area contributed by atoms with Gasteiger partial charge in [-0.1, -0.05) is 0 Å². The zero-order valence-electron chi connectivity index (χ0n) is 16.6. The number of nitrogens with zero attached hydrogens (tertiary/aromatic N) is 3. The van der Waals surface area contributed by atoms with Crippen molar-refractivity contribution in [2.24, 2.45) is 0 Å². The van der Waals surface area contributed by atoms with Crippen LogP contribution in [0.3, 0.4) is 0 Å². The van der Waals surface area contributed by atoms with Crippen molar-refractivity contribution in [3.63, 3.8) is 0 Å². The molecule has 158 valence electrons. The summed E-state index contributed by atoms with van der Waals surface area (Å²) in [6.07, 6.45) is 0.720. The molecule has 0 unspecified atom stereocenters. The average Bonchev–Trinajstić information content (AvgIpc) is 3.29. The molecule has 1 aliphatic heterocycles. The van der Waals surface area contributed by atoms with Crippen LogP contribution in [0.4, 0.5) is 5.13 Å². The van der Waals surface area contributed by atoms with Crippen molar-refractivity contribution in [2.75, 3.05) is 23.4 Å². The lowest BCUT2D eigenvalue weighted by Gasteiger charge is -2.11. The molecular weight excluding hydrogens is 416 g/mol. The van der Waals surface area contributed by atoms with E-state index in [1.165, 1.54) is 11.3 Å². The second-order valence-electron chi connectivity index (χ2n) is 7.00. The molecule has 2 aromatic heterocycles. The van der Waals surface area contributed by atoms with Gasteiger partial charge in [-0.05, 0) is 27.2 Å². The lowest BCUT2D eigenvalue weighted by atomic mass is 10.1. The Labute approximate surface area is 173 Å². The first-order chi connectivity index (χ1) is 13.7. The topological polar surface area (TPSA) is 120 Å². The van der Waals surface area contributed by atoms with E-state index in [1.807, 2.05) is 13.8 Å². The van der Waals surface area contributed by atoms with Gasteiger partial charge in [-0.3, -0.25) is 14.3 Å². The number of aryl methyl sites for hydroxylation is 1. The molecule has 1 atom stereocenters. The van der Waals surface area contributed by atoms with Gasteiger partial charge in [0.2, 0.25) is 5.91 Å². The van der Waals surface area contributed by atoms with E-state index >= 15 is 0 Å². The molecular formula is C18H24N4O5S2. The lowest BCUT2D eigenvalue weighted by molar-refractivity contribution is -0.142. The first-order valence-corrected chi connectivity index (χ1v) is 12.0. The quantitative estimate of drug-likeness (QED) is 0.649. The monoisotopic (exact) mass is 440 g/mol. The van der Waals surface area contributed by atoms with Gasteiger partial charge in [-0.2, -0.15) is 5.10 Å². The molecule has 0 spiro atoms. The van der Waals surface area contributed by atoms with E-state index in [4.69, 9.17) is 4.74 Å². The van der Waals surface area contributed by atoms with Gasteiger partial charge in [0.05, 0.1) is 48.4 Å². The summed E-state index contributed by atoms with van der Waals surface area (Å²) < 4.78 is 30.2. The largest absolute Gasteiger partial charge is 0.466 e. The highest BCUT2D eigenvalue weighted by Gasteiger charge is 2.31. The number of aromatic nitrogens is 3. The fourth-order valence-corrected chi connectivity index (χ4v) is 5.82. The number of carbonyl (C=O) groups excluding carboxylic acids is 2. The predicted molar refractivity (Wildman–Crippen MR) is 109 cm³/mol. The molecule has 0 bridgehead atoms. The number of amides is 1. The van der Waals surface area contributed by atoms with Crippen LogP contribution in [0.1, 0.15) is 42.0 Å². The van der Waals surface area contributed by atoms with Crippen molar-refractivity contribution in [2.45, 2.75) is 46.1 Å². The number of nitrogens with one attached hydrogen (secondary N) is 1. The number of hydrogen-bond acceptors (Lipinski definition) is 8. The summed E-state index contributed by atoms with van der Waals surface area (Å²) in [6.45, 7) is 5.72. The average molecular weight is 441 g/mol. The van der Waals surface area contributed by atoms with Crippen LogP contribution in [0.2, 0.25) is 0 Å². The highest BCUT2D eigenvalue weighted by atomic mass is 32.2. The predicted octanol–water partition coefficient (Wildman–Crippen LogP) is 1.60. The normalized spacial score (nSPS) is 18.0. The maximum Gasteiger partial charge on any atom is 0.311 e. The van der Waals surface area contributed by atoms with Crippen LogP contribution in [0.25, 0.3) is 0 Å². The third kappa shape index (κ3) is 5.21. The fraction of sp³-hybridized carbons (Fsp3) is 0.556. The summed E-state index contributed by atoms with van der Waals surface area (Å²) >= 11 is 1.24. The Balaban J connectivity index is 1.64. The van der Waals surface area contributed by atoms with E-state index in [0.29, 0.717) is 29.5 Å². The van der Waals surface area contributed by atoms with Crippen LogP contribution < -0.4 is 5.32 Å². The van der Waals surface area contributed by atoms with Crippen molar-refractivity contribution < 1.29 is 22.7 Å². The summed E-state index contributed by atoms with van der Waals surface area (Å²) in [5.41, 5.74) is 2.85. The number of anilines is 1. The minimum absolute atomic E-state index is 0.0650. The summed E-state index contributed by atoms with van der Waals surface area (Å²) in [5, 5.41) is 9.35. The number of ether oxygens (including phenoxy) is 1. The first kappa shape index (κ1) is 21.4. The second-order valence-corrected chi connectivity index (χ2v) is 10.1. The molecule has 3 heterocycles. The van der Waals surface area contributed by atoms with Crippen LogP contribution >= 0.6 is 11.3 Å².